The molecule has 3 N–H and O–H groups in total. The second kappa shape index (κ2) is 18.0. The molecule has 36 heavy (non-hydrogen) atoms. The van der Waals surface area contributed by atoms with Crippen LogP contribution in [0.2, 0.25) is 10.0 Å². The summed E-state index contributed by atoms with van der Waals surface area (Å²) in [6.45, 7) is 3.86. The topological polar surface area (TPSA) is 255 Å². The maximum absolute atomic E-state index is 8.36. The lowest BCUT2D eigenvalue weighted by molar-refractivity contribution is -0.742. The van der Waals surface area contributed by atoms with Gasteiger partial charge in [0.2, 0.25) is 0 Å². The lowest BCUT2D eigenvalue weighted by Crippen LogP contribution is -2.31. The van der Waals surface area contributed by atoms with Crippen molar-refractivity contribution < 1.29 is 30.9 Å². The highest BCUT2D eigenvalue weighted by molar-refractivity contribution is 6.35. The van der Waals surface area contributed by atoms with Crippen molar-refractivity contribution in [2.75, 3.05) is 13.1 Å². The molecule has 2 heterocycles. The lowest BCUT2D eigenvalue weighted by atomic mass is 10.2. The van der Waals surface area contributed by atoms with Crippen LogP contribution in [0.5, 0.6) is 0 Å². The zero-order valence-electron chi connectivity index (χ0n) is 18.1. The maximum atomic E-state index is 8.36. The van der Waals surface area contributed by atoms with E-state index in [0.29, 0.717) is 10.0 Å². The van der Waals surface area contributed by atoms with Gasteiger partial charge in [-0.1, -0.05) is 29.3 Å². The summed E-state index contributed by atoms with van der Waals surface area (Å²) in [6.07, 6.45) is 6.50. The largest absolute Gasteiger partial charge is 0.328 e. The summed E-state index contributed by atoms with van der Waals surface area (Å²) >= 11 is 12.3. The van der Waals surface area contributed by atoms with E-state index in [1.165, 1.54) is 12.7 Å². The van der Waals surface area contributed by atoms with Crippen molar-refractivity contribution in [3.05, 3.63) is 89.5 Å². The fraction of sp³-hybridized carbons (Fsp3) is 0.333. The summed E-state index contributed by atoms with van der Waals surface area (Å²) in [5.41, 5.74) is 1.04. The van der Waals surface area contributed by atoms with Crippen molar-refractivity contribution in [1.29, 1.82) is 0 Å². The van der Waals surface area contributed by atoms with E-state index in [-0.39, 0.29) is 0 Å². The molecule has 0 saturated heterocycles. The van der Waals surface area contributed by atoms with E-state index in [9.17, 15) is 0 Å². The second-order valence-electron chi connectivity index (χ2n) is 6.04. The number of aromatic nitrogens is 6. The number of nitrogens with zero attached hydrogens (tertiary/aromatic N) is 10. The molecule has 0 unspecified atom stereocenters. The molecule has 0 radical (unpaired) electrons. The van der Waals surface area contributed by atoms with Gasteiger partial charge in [-0.25, -0.2) is 9.97 Å². The first-order chi connectivity index (χ1) is 16.9. The van der Waals surface area contributed by atoms with Gasteiger partial charge < -0.3 is 15.6 Å². The van der Waals surface area contributed by atoms with E-state index in [2.05, 4.69) is 25.1 Å². The molecule has 0 aliphatic rings. The molecular weight excluding hydrogens is 535 g/mol. The summed E-state index contributed by atoms with van der Waals surface area (Å²) < 4.78 is 3.62. The summed E-state index contributed by atoms with van der Waals surface area (Å²) in [6, 6.07) is 5.59. The molecule has 0 amide bonds. The third-order valence-electron chi connectivity index (χ3n) is 3.63. The Kier molecular flexibility index (Phi) is 15.8. The molecule has 3 rings (SSSR count). The van der Waals surface area contributed by atoms with Crippen molar-refractivity contribution in [2.24, 2.45) is 0 Å². The van der Waals surface area contributed by atoms with Crippen LogP contribution in [-0.2, 0) is 19.6 Å². The van der Waals surface area contributed by atoms with Crippen LogP contribution in [0.25, 0.3) is 0 Å². The van der Waals surface area contributed by atoms with Crippen LogP contribution in [0.1, 0.15) is 5.56 Å². The monoisotopic (exact) mass is 554 g/mol. The van der Waals surface area contributed by atoms with Gasteiger partial charge in [0.1, 0.15) is 25.3 Å². The van der Waals surface area contributed by atoms with E-state index < -0.39 is 15.3 Å². The van der Waals surface area contributed by atoms with Crippen LogP contribution in [-0.4, -0.2) is 78.4 Å². The van der Waals surface area contributed by atoms with E-state index in [1.54, 1.807) is 18.7 Å². The van der Waals surface area contributed by atoms with Crippen molar-refractivity contribution >= 4 is 23.2 Å². The SMILES string of the molecule is Clc1ccc(CN(CCn2cncn2)CCn2cncn2)c(Cl)c1.O=[N+]([O-])O.O=[N+]([O-])O.O=[N+]([O-])O. The first-order valence-corrected chi connectivity index (χ1v) is 9.97. The highest BCUT2D eigenvalue weighted by Gasteiger charge is 2.10. The van der Waals surface area contributed by atoms with Crippen LogP contribution in [0.4, 0.5) is 0 Å². The Balaban J connectivity index is 0.000000857. The zero-order chi connectivity index (χ0) is 27.5. The molecule has 0 atom stereocenters. The molecule has 0 aliphatic heterocycles. The van der Waals surface area contributed by atoms with Gasteiger partial charge in [0.15, 0.2) is 0 Å². The Morgan fingerprint density at radius 1 is 0.833 bits per heavy atom. The lowest BCUT2D eigenvalue weighted by Gasteiger charge is -2.23. The van der Waals surface area contributed by atoms with Gasteiger partial charge in [-0.05, 0) is 17.7 Å². The molecule has 0 saturated carbocycles. The standard InChI is InChI=1S/C15H17Cl2N7.3HNO3/c16-14-2-1-13(15(17)7-14)8-22(3-5-23-11-18-9-20-23)4-6-24-12-19-10-21-24;3*2-1(3)4/h1-2,7,9-12H,3-6,8H2;3*(H,2,3,4). The summed E-state index contributed by atoms with van der Waals surface area (Å²) in [7, 11) is 0. The van der Waals surface area contributed by atoms with Crippen LogP contribution in [0.3, 0.4) is 0 Å². The fourth-order valence-corrected chi connectivity index (χ4v) is 2.81. The number of hydrogen-bond acceptors (Lipinski definition) is 11. The molecule has 0 spiro atoms. The van der Waals surface area contributed by atoms with E-state index in [0.717, 1.165) is 38.3 Å². The number of rotatable bonds is 8. The fourth-order valence-electron chi connectivity index (χ4n) is 2.34. The molecule has 3 aromatic rings. The number of benzene rings is 1. The molecule has 0 bridgehead atoms. The Hall–Kier alpha value is -4.36. The van der Waals surface area contributed by atoms with Gasteiger partial charge in [-0.2, -0.15) is 10.2 Å². The predicted molar refractivity (Wildman–Crippen MR) is 118 cm³/mol. The van der Waals surface area contributed by atoms with Gasteiger partial charge in [0.25, 0.3) is 15.3 Å². The molecule has 2 aromatic heterocycles. The minimum Gasteiger partial charge on any atom is -0.328 e. The maximum Gasteiger partial charge on any atom is 0.291 e. The highest BCUT2D eigenvalue weighted by Crippen LogP contribution is 2.22. The third-order valence-corrected chi connectivity index (χ3v) is 4.22. The Morgan fingerprint density at radius 3 is 1.58 bits per heavy atom. The first kappa shape index (κ1) is 31.6. The van der Waals surface area contributed by atoms with Crippen LogP contribution < -0.4 is 0 Å². The normalized spacial score (nSPS) is 9.53. The van der Waals surface area contributed by atoms with Crippen LogP contribution in [0.15, 0.2) is 43.5 Å². The number of halogens is 2. The Labute approximate surface area is 211 Å². The average molecular weight is 555 g/mol. The van der Waals surface area contributed by atoms with Crippen molar-refractivity contribution in [3.63, 3.8) is 0 Å². The summed E-state index contributed by atoms with van der Waals surface area (Å²) in [5.74, 6) is 0. The third kappa shape index (κ3) is 18.1. The molecule has 198 valence electrons. The Morgan fingerprint density at radius 2 is 1.25 bits per heavy atom. The van der Waals surface area contributed by atoms with E-state index >= 15 is 0 Å². The summed E-state index contributed by atoms with van der Waals surface area (Å²) in [5, 5.41) is 50.5. The van der Waals surface area contributed by atoms with E-state index in [1.807, 2.05) is 21.5 Å². The van der Waals surface area contributed by atoms with Crippen LogP contribution >= 0.6 is 23.2 Å². The van der Waals surface area contributed by atoms with Crippen molar-refractivity contribution in [3.8, 4) is 0 Å². The van der Waals surface area contributed by atoms with Gasteiger partial charge >= 0.3 is 0 Å². The van der Waals surface area contributed by atoms with Crippen molar-refractivity contribution in [1.82, 2.24) is 34.4 Å². The highest BCUT2D eigenvalue weighted by atomic mass is 35.5. The molecule has 21 heteroatoms. The molecule has 19 nitrogen and oxygen atoms in total. The minimum atomic E-state index is -1.50. The average Bonchev–Trinajstić information content (AvgIpc) is 3.45. The molecule has 0 fully saturated rings. The second-order valence-corrected chi connectivity index (χ2v) is 6.89. The zero-order valence-corrected chi connectivity index (χ0v) is 19.6. The minimum absolute atomic E-state index is 0.639. The quantitative estimate of drug-likeness (QED) is 0.262. The van der Waals surface area contributed by atoms with Gasteiger partial charge in [0.05, 0.1) is 13.1 Å². The van der Waals surface area contributed by atoms with E-state index in [4.69, 9.17) is 69.2 Å². The summed E-state index contributed by atoms with van der Waals surface area (Å²) in [4.78, 5) is 35.3. The number of hydrogen-bond donors (Lipinski definition) is 3. The Bertz CT molecular complexity index is 962. The van der Waals surface area contributed by atoms with Gasteiger partial charge in [-0.3, -0.25) is 14.3 Å². The predicted octanol–water partition coefficient (Wildman–Crippen LogP) is 1.34. The molecule has 0 aliphatic carbocycles. The van der Waals surface area contributed by atoms with Crippen molar-refractivity contribution in [2.45, 2.75) is 19.6 Å². The first-order valence-electron chi connectivity index (χ1n) is 9.21. The molecule has 1 aromatic carbocycles. The molecular formula is C15H20Cl2N10O9. The smallest absolute Gasteiger partial charge is 0.291 e. The van der Waals surface area contributed by atoms with Gasteiger partial charge in [-0.15, -0.1) is 30.3 Å². The van der Waals surface area contributed by atoms with Crippen LogP contribution in [0, 0.1) is 30.3 Å². The van der Waals surface area contributed by atoms with Gasteiger partial charge in [0, 0.05) is 29.7 Å².